The van der Waals surface area contributed by atoms with Crippen molar-refractivity contribution in [3.8, 4) is 16.9 Å². The highest BCUT2D eigenvalue weighted by Gasteiger charge is 2.30. The number of hydrogen-bond acceptors (Lipinski definition) is 5. The van der Waals surface area contributed by atoms with E-state index in [2.05, 4.69) is 14.7 Å². The molecule has 9 heteroatoms. The predicted octanol–water partition coefficient (Wildman–Crippen LogP) is 4.00. The van der Waals surface area contributed by atoms with Gasteiger partial charge in [0.1, 0.15) is 12.1 Å². The summed E-state index contributed by atoms with van der Waals surface area (Å²) in [5.74, 6) is -0.832. The first-order valence-electron chi connectivity index (χ1n) is 8.13. The third-order valence-corrected chi connectivity index (χ3v) is 4.05. The second-order valence-corrected chi connectivity index (χ2v) is 5.91. The van der Waals surface area contributed by atoms with Gasteiger partial charge in [0.25, 0.3) is 0 Å². The molecule has 0 fully saturated rings. The van der Waals surface area contributed by atoms with Crippen molar-refractivity contribution in [2.24, 2.45) is 0 Å². The molecule has 0 N–H and O–H groups in total. The number of halogens is 3. The second-order valence-electron chi connectivity index (χ2n) is 5.91. The fraction of sp³-hybridized carbons (Fsp3) is 0.105. The van der Waals surface area contributed by atoms with Gasteiger partial charge in [0.2, 0.25) is 0 Å². The van der Waals surface area contributed by atoms with Crippen molar-refractivity contribution < 1.29 is 22.3 Å². The molecule has 0 aliphatic carbocycles. The molecule has 2 aromatic carbocycles. The Bertz CT molecular complexity index is 1170. The largest absolute Gasteiger partial charge is 0.573 e. The van der Waals surface area contributed by atoms with Gasteiger partial charge >= 0.3 is 12.1 Å². The molecule has 2 heterocycles. The molecule has 28 heavy (non-hydrogen) atoms. The van der Waals surface area contributed by atoms with Crippen LogP contribution in [0.1, 0.15) is 5.69 Å². The first kappa shape index (κ1) is 17.8. The van der Waals surface area contributed by atoms with E-state index < -0.39 is 12.1 Å². The smallest absolute Gasteiger partial charge is 0.408 e. The molecule has 0 radical (unpaired) electrons. The molecular weight excluding hydrogens is 375 g/mol. The van der Waals surface area contributed by atoms with Gasteiger partial charge in [-0.05, 0) is 41.5 Å². The number of aromatic nitrogens is 3. The molecule has 0 atom stereocenters. The highest BCUT2D eigenvalue weighted by atomic mass is 19.4. The van der Waals surface area contributed by atoms with E-state index in [0.29, 0.717) is 27.9 Å². The number of alkyl halides is 3. The second kappa shape index (κ2) is 6.84. The first-order chi connectivity index (χ1) is 13.4. The third kappa shape index (κ3) is 3.73. The van der Waals surface area contributed by atoms with Crippen LogP contribution in [0.25, 0.3) is 22.2 Å². The lowest BCUT2D eigenvalue weighted by Gasteiger charge is -2.09. The van der Waals surface area contributed by atoms with Crippen LogP contribution < -0.4 is 10.5 Å². The molecule has 0 saturated heterocycles. The summed E-state index contributed by atoms with van der Waals surface area (Å²) in [6.07, 6.45) is -1.78. The number of hydrogen-bond donors (Lipinski definition) is 0. The van der Waals surface area contributed by atoms with Crippen molar-refractivity contribution in [3.63, 3.8) is 0 Å². The van der Waals surface area contributed by atoms with Gasteiger partial charge in [-0.2, -0.15) is 0 Å². The summed E-state index contributed by atoms with van der Waals surface area (Å²) in [4.78, 5) is 20.1. The van der Waals surface area contributed by atoms with Gasteiger partial charge in [-0.15, -0.1) is 13.2 Å². The fourth-order valence-corrected chi connectivity index (χ4v) is 2.81. The van der Waals surface area contributed by atoms with Crippen molar-refractivity contribution in [1.82, 2.24) is 14.5 Å². The Morgan fingerprint density at radius 1 is 1.04 bits per heavy atom. The quantitative estimate of drug-likeness (QED) is 0.529. The average molecular weight is 387 g/mol. The Hall–Kier alpha value is -3.62. The minimum absolute atomic E-state index is 0.205. The Kier molecular flexibility index (Phi) is 4.34. The standard InChI is InChI=1S/C19H12F3N3O3/c20-19(21,22)28-15-4-1-12(2-5-15)13-3-6-17-16(9-13)25(18(26)27-17)10-14-7-8-23-11-24-14/h1-9,11H,10H2. The lowest BCUT2D eigenvalue weighted by Crippen LogP contribution is -2.16. The predicted molar refractivity (Wildman–Crippen MR) is 93.7 cm³/mol. The topological polar surface area (TPSA) is 70.2 Å². The summed E-state index contributed by atoms with van der Waals surface area (Å²) in [7, 11) is 0. The van der Waals surface area contributed by atoms with Crippen LogP contribution in [-0.2, 0) is 6.54 Å². The maximum atomic E-state index is 12.3. The molecule has 2 aromatic heterocycles. The molecule has 4 rings (SSSR count). The molecule has 6 nitrogen and oxygen atoms in total. The van der Waals surface area contributed by atoms with E-state index in [1.54, 1.807) is 30.5 Å². The summed E-state index contributed by atoms with van der Waals surface area (Å²) in [5.41, 5.74) is 2.97. The van der Waals surface area contributed by atoms with Crippen molar-refractivity contribution in [1.29, 1.82) is 0 Å². The number of ether oxygens (including phenoxy) is 1. The van der Waals surface area contributed by atoms with Crippen molar-refractivity contribution in [2.45, 2.75) is 12.9 Å². The van der Waals surface area contributed by atoms with Crippen LogP contribution in [0.5, 0.6) is 5.75 Å². The monoisotopic (exact) mass is 387 g/mol. The summed E-state index contributed by atoms with van der Waals surface area (Å²) in [6, 6.07) is 12.3. The van der Waals surface area contributed by atoms with Crippen LogP contribution in [0.4, 0.5) is 13.2 Å². The van der Waals surface area contributed by atoms with Crippen molar-refractivity contribution >= 4 is 11.1 Å². The Balaban J connectivity index is 1.69. The molecule has 4 aromatic rings. The summed E-state index contributed by atoms with van der Waals surface area (Å²) >= 11 is 0. The SMILES string of the molecule is O=c1oc2ccc(-c3ccc(OC(F)(F)F)cc3)cc2n1Cc1ccncn1. The van der Waals surface area contributed by atoms with Gasteiger partial charge in [0, 0.05) is 6.20 Å². The van der Waals surface area contributed by atoms with E-state index in [-0.39, 0.29) is 12.3 Å². The van der Waals surface area contributed by atoms with Gasteiger partial charge in [-0.1, -0.05) is 18.2 Å². The molecule has 0 saturated carbocycles. The number of oxazole rings is 1. The first-order valence-corrected chi connectivity index (χ1v) is 8.13. The van der Waals surface area contributed by atoms with Gasteiger partial charge in [-0.3, -0.25) is 4.57 Å². The Morgan fingerprint density at radius 2 is 1.79 bits per heavy atom. The highest BCUT2D eigenvalue weighted by molar-refractivity contribution is 5.80. The summed E-state index contributed by atoms with van der Waals surface area (Å²) in [5, 5.41) is 0. The molecule has 0 amide bonds. The zero-order chi connectivity index (χ0) is 19.7. The molecular formula is C19H12F3N3O3. The molecule has 0 aliphatic heterocycles. The Labute approximate surface area is 155 Å². The average Bonchev–Trinajstić information content (AvgIpc) is 2.97. The van der Waals surface area contributed by atoms with Crippen LogP contribution in [0, 0.1) is 0 Å². The van der Waals surface area contributed by atoms with Crippen LogP contribution in [0.2, 0.25) is 0 Å². The number of nitrogens with zero attached hydrogens (tertiary/aromatic N) is 3. The van der Waals surface area contributed by atoms with Crippen molar-refractivity contribution in [3.05, 3.63) is 77.3 Å². The van der Waals surface area contributed by atoms with E-state index in [4.69, 9.17) is 4.42 Å². The van der Waals surface area contributed by atoms with Gasteiger partial charge in [0.15, 0.2) is 5.58 Å². The van der Waals surface area contributed by atoms with E-state index in [0.717, 1.165) is 0 Å². The number of benzene rings is 2. The minimum Gasteiger partial charge on any atom is -0.408 e. The van der Waals surface area contributed by atoms with E-state index in [9.17, 15) is 18.0 Å². The summed E-state index contributed by atoms with van der Waals surface area (Å²) in [6.45, 7) is 0.205. The number of fused-ring (bicyclic) bond motifs is 1. The highest BCUT2D eigenvalue weighted by Crippen LogP contribution is 2.28. The van der Waals surface area contributed by atoms with Crippen LogP contribution in [-0.4, -0.2) is 20.9 Å². The molecule has 0 bridgehead atoms. The molecule has 142 valence electrons. The van der Waals surface area contributed by atoms with Crippen LogP contribution in [0.3, 0.4) is 0 Å². The maximum Gasteiger partial charge on any atom is 0.573 e. The summed E-state index contributed by atoms with van der Waals surface area (Å²) < 4.78 is 47.4. The van der Waals surface area contributed by atoms with E-state index >= 15 is 0 Å². The molecule has 0 unspecified atom stereocenters. The normalized spacial score (nSPS) is 11.7. The maximum absolute atomic E-state index is 12.3. The van der Waals surface area contributed by atoms with E-state index in [1.165, 1.54) is 35.2 Å². The minimum atomic E-state index is -4.74. The van der Waals surface area contributed by atoms with E-state index in [1.807, 2.05) is 0 Å². The Morgan fingerprint density at radius 3 is 2.46 bits per heavy atom. The van der Waals surface area contributed by atoms with Crippen molar-refractivity contribution in [2.75, 3.05) is 0 Å². The molecule has 0 aliphatic rings. The van der Waals surface area contributed by atoms with Gasteiger partial charge in [0.05, 0.1) is 17.8 Å². The third-order valence-electron chi connectivity index (χ3n) is 4.05. The van der Waals surface area contributed by atoms with Gasteiger partial charge < -0.3 is 9.15 Å². The zero-order valence-corrected chi connectivity index (χ0v) is 14.2. The number of rotatable bonds is 4. The fourth-order valence-electron chi connectivity index (χ4n) is 2.81. The zero-order valence-electron chi connectivity index (χ0n) is 14.2. The lowest BCUT2D eigenvalue weighted by atomic mass is 10.1. The lowest BCUT2D eigenvalue weighted by molar-refractivity contribution is -0.274. The molecule has 0 spiro atoms. The van der Waals surface area contributed by atoms with Crippen LogP contribution >= 0.6 is 0 Å². The van der Waals surface area contributed by atoms with Gasteiger partial charge in [-0.25, -0.2) is 14.8 Å². The van der Waals surface area contributed by atoms with Crippen LogP contribution in [0.15, 0.2) is 70.3 Å².